The fourth-order valence-corrected chi connectivity index (χ4v) is 9.39. The molecule has 0 fully saturated rings. The Morgan fingerprint density at radius 1 is 0.333 bits per heavy atom. The lowest BCUT2D eigenvalue weighted by Gasteiger charge is -2.21. The fourth-order valence-electron chi connectivity index (χ4n) is 9.39. The van der Waals surface area contributed by atoms with Crippen molar-refractivity contribution in [1.29, 1.82) is 0 Å². The van der Waals surface area contributed by atoms with Crippen LogP contribution in [0.15, 0.2) is 194 Å². The molecule has 0 spiro atoms. The molecule has 9 aromatic carbocycles. The maximum absolute atomic E-state index is 5.59. The smallest absolute Gasteiger partial charge is 0.161 e. The van der Waals surface area contributed by atoms with Crippen molar-refractivity contribution >= 4 is 32.3 Å². The van der Waals surface area contributed by atoms with E-state index in [0.29, 0.717) is 5.82 Å². The highest BCUT2D eigenvalue weighted by Gasteiger charge is 2.37. The van der Waals surface area contributed by atoms with Crippen LogP contribution in [0.3, 0.4) is 0 Å². The molecule has 1 aliphatic carbocycles. The van der Waals surface area contributed by atoms with Crippen LogP contribution in [0, 0.1) is 0 Å². The molecule has 11 rings (SSSR count). The number of nitrogens with zero attached hydrogens (tertiary/aromatic N) is 2. The Labute approximate surface area is 332 Å². The molecule has 2 nitrogen and oxygen atoms in total. The van der Waals surface area contributed by atoms with Crippen LogP contribution in [0.4, 0.5) is 0 Å². The first-order valence-corrected chi connectivity index (χ1v) is 19.8. The molecule has 0 N–H and O–H groups in total. The van der Waals surface area contributed by atoms with E-state index in [-0.39, 0.29) is 5.41 Å². The van der Waals surface area contributed by atoms with Gasteiger partial charge in [0.1, 0.15) is 0 Å². The highest BCUT2D eigenvalue weighted by atomic mass is 14.9. The van der Waals surface area contributed by atoms with Crippen molar-refractivity contribution in [2.75, 3.05) is 0 Å². The number of benzene rings is 9. The molecule has 0 saturated carbocycles. The molecule has 268 valence electrons. The lowest BCUT2D eigenvalue weighted by Crippen LogP contribution is -2.14. The summed E-state index contributed by atoms with van der Waals surface area (Å²) >= 11 is 0. The van der Waals surface area contributed by atoms with Crippen molar-refractivity contribution in [2.45, 2.75) is 19.3 Å². The number of hydrogen-bond acceptors (Lipinski definition) is 2. The van der Waals surface area contributed by atoms with Gasteiger partial charge in [0.05, 0.1) is 11.4 Å². The van der Waals surface area contributed by atoms with Crippen LogP contribution in [0.2, 0.25) is 0 Å². The SMILES string of the molecule is CC1(C)c2ccccc2-c2c(-c3cc(-c4ccccc4-c4ccccc4)nc(-c4ccccc4-c4c5ccccc5cc5c4ccc4ccccc45)n3)cccc21. The highest BCUT2D eigenvalue weighted by Crippen LogP contribution is 2.52. The van der Waals surface area contributed by atoms with Crippen molar-refractivity contribution in [3.05, 3.63) is 205 Å². The Kier molecular flexibility index (Phi) is 7.55. The highest BCUT2D eigenvalue weighted by molar-refractivity contribution is 6.21. The first-order valence-electron chi connectivity index (χ1n) is 19.8. The molecular weight excluding hydrogens is 689 g/mol. The number of hydrogen-bond donors (Lipinski definition) is 0. The molecule has 0 unspecified atom stereocenters. The summed E-state index contributed by atoms with van der Waals surface area (Å²) in [5.74, 6) is 0.700. The minimum absolute atomic E-state index is 0.132. The summed E-state index contributed by atoms with van der Waals surface area (Å²) in [5.41, 5.74) is 14.6. The van der Waals surface area contributed by atoms with Gasteiger partial charge in [0.15, 0.2) is 5.82 Å². The summed E-state index contributed by atoms with van der Waals surface area (Å²) < 4.78 is 0. The van der Waals surface area contributed by atoms with Crippen molar-refractivity contribution in [1.82, 2.24) is 9.97 Å². The maximum Gasteiger partial charge on any atom is 0.161 e. The second-order valence-electron chi connectivity index (χ2n) is 15.7. The van der Waals surface area contributed by atoms with Crippen LogP contribution in [0.25, 0.3) is 99.6 Å². The molecule has 1 aromatic heterocycles. The van der Waals surface area contributed by atoms with Crippen molar-refractivity contribution in [3.63, 3.8) is 0 Å². The number of fused-ring (bicyclic) bond motifs is 7. The molecule has 1 aliphatic rings. The van der Waals surface area contributed by atoms with E-state index in [1.54, 1.807) is 0 Å². The van der Waals surface area contributed by atoms with Gasteiger partial charge >= 0.3 is 0 Å². The van der Waals surface area contributed by atoms with E-state index in [1.165, 1.54) is 60.1 Å². The summed E-state index contributed by atoms with van der Waals surface area (Å²) in [6, 6.07) is 70.1. The third kappa shape index (κ3) is 5.25. The average molecular weight is 727 g/mol. The Morgan fingerprint density at radius 3 is 1.72 bits per heavy atom. The number of aromatic nitrogens is 2. The zero-order valence-electron chi connectivity index (χ0n) is 31.9. The molecule has 0 radical (unpaired) electrons. The van der Waals surface area contributed by atoms with E-state index in [9.17, 15) is 0 Å². The third-order valence-electron chi connectivity index (χ3n) is 12.1. The monoisotopic (exact) mass is 726 g/mol. The standard InChI is InChI=1S/C55H38N2/c1-55(2)48-29-15-14-27-45(48)53-46(28-16-30-49(53)55)51-34-50(41-24-11-10-21-38(41)35-17-4-3-5-18-35)56-54(57-51)44-26-13-12-25-42(44)52-40-23-9-7-20-37(40)33-47-39-22-8-6-19-36(39)31-32-43(47)52/h3-34H,1-2H3. The first-order chi connectivity index (χ1) is 28.0. The van der Waals surface area contributed by atoms with Gasteiger partial charge in [0, 0.05) is 22.1 Å². The van der Waals surface area contributed by atoms with E-state index in [1.807, 2.05) is 0 Å². The van der Waals surface area contributed by atoms with E-state index < -0.39 is 0 Å². The molecule has 57 heavy (non-hydrogen) atoms. The van der Waals surface area contributed by atoms with Gasteiger partial charge in [-0.15, -0.1) is 0 Å². The molecule has 1 heterocycles. The molecule has 0 atom stereocenters. The molecule has 0 amide bonds. The van der Waals surface area contributed by atoms with Gasteiger partial charge in [0.2, 0.25) is 0 Å². The molecule has 0 aliphatic heterocycles. The lowest BCUT2D eigenvalue weighted by molar-refractivity contribution is 0.660. The Morgan fingerprint density at radius 2 is 0.912 bits per heavy atom. The minimum Gasteiger partial charge on any atom is -0.228 e. The zero-order valence-corrected chi connectivity index (χ0v) is 31.9. The Bertz CT molecular complexity index is 3210. The van der Waals surface area contributed by atoms with Gasteiger partial charge in [-0.3, -0.25) is 0 Å². The van der Waals surface area contributed by atoms with Crippen LogP contribution in [-0.4, -0.2) is 9.97 Å². The second kappa shape index (κ2) is 13.0. The first kappa shape index (κ1) is 33.2. The van der Waals surface area contributed by atoms with Crippen molar-refractivity contribution in [3.8, 4) is 67.3 Å². The van der Waals surface area contributed by atoms with Crippen LogP contribution < -0.4 is 0 Å². The minimum atomic E-state index is -0.132. The fraction of sp³-hybridized carbons (Fsp3) is 0.0545. The van der Waals surface area contributed by atoms with E-state index >= 15 is 0 Å². The van der Waals surface area contributed by atoms with Gasteiger partial charge in [-0.1, -0.05) is 196 Å². The number of rotatable bonds is 5. The van der Waals surface area contributed by atoms with Gasteiger partial charge in [-0.25, -0.2) is 9.97 Å². The normalized spacial score (nSPS) is 12.9. The molecule has 2 heteroatoms. The van der Waals surface area contributed by atoms with Gasteiger partial charge in [0.25, 0.3) is 0 Å². The maximum atomic E-state index is 5.59. The predicted molar refractivity (Wildman–Crippen MR) is 239 cm³/mol. The topological polar surface area (TPSA) is 25.8 Å². The largest absolute Gasteiger partial charge is 0.228 e. The second-order valence-corrected chi connectivity index (χ2v) is 15.7. The van der Waals surface area contributed by atoms with E-state index in [0.717, 1.165) is 44.8 Å². The zero-order chi connectivity index (χ0) is 38.1. The van der Waals surface area contributed by atoms with E-state index in [4.69, 9.17) is 9.97 Å². The van der Waals surface area contributed by atoms with Gasteiger partial charge in [-0.2, -0.15) is 0 Å². The van der Waals surface area contributed by atoms with E-state index in [2.05, 4.69) is 208 Å². The molecule has 0 bridgehead atoms. The van der Waals surface area contributed by atoms with Crippen molar-refractivity contribution < 1.29 is 0 Å². The third-order valence-corrected chi connectivity index (χ3v) is 12.1. The summed E-state index contributed by atoms with van der Waals surface area (Å²) in [5, 5.41) is 7.35. The lowest BCUT2D eigenvalue weighted by atomic mass is 9.82. The van der Waals surface area contributed by atoms with Crippen LogP contribution in [-0.2, 0) is 5.41 Å². The molecular formula is C55H38N2. The average Bonchev–Trinajstić information content (AvgIpc) is 3.51. The van der Waals surface area contributed by atoms with Crippen LogP contribution >= 0.6 is 0 Å². The van der Waals surface area contributed by atoms with Crippen LogP contribution in [0.5, 0.6) is 0 Å². The van der Waals surface area contributed by atoms with Crippen molar-refractivity contribution in [2.24, 2.45) is 0 Å². The summed E-state index contributed by atoms with van der Waals surface area (Å²) in [7, 11) is 0. The molecule has 10 aromatic rings. The summed E-state index contributed by atoms with van der Waals surface area (Å²) in [4.78, 5) is 11.1. The quantitative estimate of drug-likeness (QED) is 0.130. The Balaban J connectivity index is 1.22. The molecule has 0 saturated heterocycles. The Hall–Kier alpha value is -7.16. The van der Waals surface area contributed by atoms with Gasteiger partial charge < -0.3 is 0 Å². The summed E-state index contributed by atoms with van der Waals surface area (Å²) in [6.07, 6.45) is 0. The van der Waals surface area contributed by atoms with Gasteiger partial charge in [-0.05, 0) is 89.0 Å². The van der Waals surface area contributed by atoms with Crippen LogP contribution in [0.1, 0.15) is 25.0 Å². The predicted octanol–water partition coefficient (Wildman–Crippen LogP) is 14.6. The summed E-state index contributed by atoms with van der Waals surface area (Å²) in [6.45, 7) is 4.67.